The molecule has 0 unspecified atom stereocenters. The lowest BCUT2D eigenvalue weighted by Gasteiger charge is -2.37. The fourth-order valence-corrected chi connectivity index (χ4v) is 3.91. The first kappa shape index (κ1) is 19.8. The minimum absolute atomic E-state index is 0.0716. The van der Waals surface area contributed by atoms with Crippen molar-refractivity contribution >= 4 is 17.4 Å². The zero-order valence-electron chi connectivity index (χ0n) is 17.3. The van der Waals surface area contributed by atoms with Crippen molar-refractivity contribution < 1.29 is 14.3 Å². The Morgan fingerprint density at radius 1 is 1.03 bits per heavy atom. The Balaban J connectivity index is 1.42. The summed E-state index contributed by atoms with van der Waals surface area (Å²) in [4.78, 5) is 14.8. The van der Waals surface area contributed by atoms with Crippen LogP contribution in [0.25, 0.3) is 0 Å². The molecule has 4 rings (SSSR count). The van der Waals surface area contributed by atoms with Gasteiger partial charge in [0.05, 0.1) is 13.2 Å². The lowest BCUT2D eigenvalue weighted by Crippen LogP contribution is -2.45. The van der Waals surface area contributed by atoms with E-state index in [4.69, 9.17) is 9.47 Å². The van der Waals surface area contributed by atoms with Crippen LogP contribution in [-0.4, -0.2) is 48.2 Å². The summed E-state index contributed by atoms with van der Waals surface area (Å²) in [5.41, 5.74) is 2.11. The SMILES string of the molecule is CC(C)(C)c1ccccc1NC(=O)c1ccc(N2CCC3(CC2)OCCO3)nn1. The van der Waals surface area contributed by atoms with E-state index < -0.39 is 5.79 Å². The Kier molecular flexibility index (Phi) is 5.27. The molecule has 29 heavy (non-hydrogen) atoms. The van der Waals surface area contributed by atoms with E-state index in [2.05, 4.69) is 41.2 Å². The molecule has 3 heterocycles. The topological polar surface area (TPSA) is 76.6 Å². The van der Waals surface area contributed by atoms with Gasteiger partial charge in [0.2, 0.25) is 0 Å². The van der Waals surface area contributed by atoms with Gasteiger partial charge in [-0.3, -0.25) is 4.79 Å². The number of para-hydroxylation sites is 1. The number of carbonyl (C=O) groups is 1. The third kappa shape index (κ3) is 4.26. The summed E-state index contributed by atoms with van der Waals surface area (Å²) in [6.45, 7) is 9.28. The highest BCUT2D eigenvalue weighted by Gasteiger charge is 2.40. The Morgan fingerprint density at radius 2 is 1.72 bits per heavy atom. The zero-order valence-corrected chi connectivity index (χ0v) is 17.3. The fourth-order valence-electron chi connectivity index (χ4n) is 3.91. The van der Waals surface area contributed by atoms with E-state index in [0.29, 0.717) is 18.9 Å². The summed E-state index contributed by atoms with van der Waals surface area (Å²) >= 11 is 0. The van der Waals surface area contributed by atoms with Gasteiger partial charge in [-0.05, 0) is 29.2 Å². The quantitative estimate of drug-likeness (QED) is 0.857. The lowest BCUT2D eigenvalue weighted by molar-refractivity contribution is -0.169. The number of hydrogen-bond donors (Lipinski definition) is 1. The molecule has 7 nitrogen and oxygen atoms in total. The van der Waals surface area contributed by atoms with Gasteiger partial charge >= 0.3 is 0 Å². The number of hydrogen-bond acceptors (Lipinski definition) is 6. The van der Waals surface area contributed by atoms with Crippen LogP contribution >= 0.6 is 0 Å². The number of carbonyl (C=O) groups excluding carboxylic acids is 1. The molecule has 2 saturated heterocycles. The minimum atomic E-state index is -0.412. The van der Waals surface area contributed by atoms with Crippen LogP contribution in [0, 0.1) is 0 Å². The van der Waals surface area contributed by atoms with Crippen LogP contribution < -0.4 is 10.2 Å². The van der Waals surface area contributed by atoms with Gasteiger partial charge in [-0.25, -0.2) is 0 Å². The maximum atomic E-state index is 12.7. The van der Waals surface area contributed by atoms with Crippen LogP contribution in [0.15, 0.2) is 36.4 Å². The van der Waals surface area contributed by atoms with E-state index in [-0.39, 0.29) is 11.3 Å². The van der Waals surface area contributed by atoms with Gasteiger partial charge in [-0.15, -0.1) is 10.2 Å². The van der Waals surface area contributed by atoms with E-state index in [1.54, 1.807) is 6.07 Å². The van der Waals surface area contributed by atoms with Crippen molar-refractivity contribution in [1.82, 2.24) is 10.2 Å². The standard InChI is InChI=1S/C22H28N4O3/c1-21(2,3)16-6-4-5-7-17(16)23-20(27)18-8-9-19(25-24-18)26-12-10-22(11-13-26)28-14-15-29-22/h4-9H,10-15H2,1-3H3,(H,23,27). The molecule has 2 aromatic rings. The van der Waals surface area contributed by atoms with Crippen LogP contribution in [0.1, 0.15) is 49.7 Å². The first-order chi connectivity index (χ1) is 13.9. The molecule has 0 atom stereocenters. The number of nitrogens with zero attached hydrogens (tertiary/aromatic N) is 3. The summed E-state index contributed by atoms with van der Waals surface area (Å²) < 4.78 is 11.5. The maximum absolute atomic E-state index is 12.7. The molecule has 1 aromatic heterocycles. The average molecular weight is 396 g/mol. The Hall–Kier alpha value is -2.51. The van der Waals surface area contributed by atoms with Gasteiger partial charge in [0.15, 0.2) is 17.3 Å². The molecule has 154 valence electrons. The van der Waals surface area contributed by atoms with E-state index in [1.807, 2.05) is 30.3 Å². The van der Waals surface area contributed by atoms with Gasteiger partial charge in [0.25, 0.3) is 5.91 Å². The zero-order chi connectivity index (χ0) is 20.5. The molecule has 1 amide bonds. The van der Waals surface area contributed by atoms with Crippen molar-refractivity contribution in [2.24, 2.45) is 0 Å². The summed E-state index contributed by atoms with van der Waals surface area (Å²) in [5, 5.41) is 11.4. The molecule has 0 aliphatic carbocycles. The van der Waals surface area contributed by atoms with Crippen molar-refractivity contribution in [2.75, 3.05) is 36.5 Å². The number of benzene rings is 1. The van der Waals surface area contributed by atoms with Gasteiger partial charge in [0, 0.05) is 31.6 Å². The van der Waals surface area contributed by atoms with Crippen LogP contribution in [0.2, 0.25) is 0 Å². The Labute approximate surface area is 171 Å². The lowest BCUT2D eigenvalue weighted by atomic mass is 9.86. The molecule has 1 N–H and O–H groups in total. The second-order valence-electron chi connectivity index (χ2n) is 8.62. The number of ether oxygens (including phenoxy) is 2. The van der Waals surface area contributed by atoms with E-state index in [0.717, 1.165) is 43.0 Å². The van der Waals surface area contributed by atoms with Crippen LogP contribution in [0.3, 0.4) is 0 Å². The second kappa shape index (κ2) is 7.72. The summed E-state index contributed by atoms with van der Waals surface area (Å²) in [7, 11) is 0. The minimum Gasteiger partial charge on any atom is -0.355 e. The number of aromatic nitrogens is 2. The van der Waals surface area contributed by atoms with E-state index in [1.165, 1.54) is 0 Å². The van der Waals surface area contributed by atoms with Crippen molar-refractivity contribution in [2.45, 2.75) is 44.8 Å². The molecule has 7 heteroatoms. The van der Waals surface area contributed by atoms with Crippen LogP contribution in [-0.2, 0) is 14.9 Å². The van der Waals surface area contributed by atoms with Gasteiger partial charge in [0.1, 0.15) is 0 Å². The molecule has 1 aromatic carbocycles. The molecule has 1 spiro atoms. The maximum Gasteiger partial charge on any atom is 0.276 e. The van der Waals surface area contributed by atoms with Crippen molar-refractivity contribution in [3.05, 3.63) is 47.7 Å². The monoisotopic (exact) mass is 396 g/mol. The second-order valence-corrected chi connectivity index (χ2v) is 8.62. The molecular weight excluding hydrogens is 368 g/mol. The van der Waals surface area contributed by atoms with Crippen molar-refractivity contribution in [1.29, 1.82) is 0 Å². The average Bonchev–Trinajstić information content (AvgIpc) is 3.16. The van der Waals surface area contributed by atoms with Crippen molar-refractivity contribution in [3.63, 3.8) is 0 Å². The van der Waals surface area contributed by atoms with Crippen LogP contribution in [0.5, 0.6) is 0 Å². The highest BCUT2D eigenvalue weighted by Crippen LogP contribution is 2.33. The largest absolute Gasteiger partial charge is 0.355 e. The first-order valence-electron chi connectivity index (χ1n) is 10.1. The number of amides is 1. The molecule has 0 bridgehead atoms. The number of piperidine rings is 1. The smallest absolute Gasteiger partial charge is 0.276 e. The van der Waals surface area contributed by atoms with Gasteiger partial charge in [-0.2, -0.15) is 0 Å². The summed E-state index contributed by atoms with van der Waals surface area (Å²) in [5.74, 6) is 0.0973. The van der Waals surface area contributed by atoms with E-state index >= 15 is 0 Å². The highest BCUT2D eigenvalue weighted by atomic mass is 16.7. The predicted octanol–water partition coefficient (Wildman–Crippen LogP) is 3.37. The van der Waals surface area contributed by atoms with Crippen LogP contribution in [0.4, 0.5) is 11.5 Å². The first-order valence-corrected chi connectivity index (χ1v) is 10.1. The predicted molar refractivity (Wildman–Crippen MR) is 111 cm³/mol. The van der Waals surface area contributed by atoms with Gasteiger partial charge < -0.3 is 19.7 Å². The van der Waals surface area contributed by atoms with Crippen molar-refractivity contribution in [3.8, 4) is 0 Å². The fraction of sp³-hybridized carbons (Fsp3) is 0.500. The molecule has 2 aliphatic heterocycles. The number of anilines is 2. The summed E-state index contributed by atoms with van der Waals surface area (Å²) in [6, 6.07) is 11.4. The molecular formula is C22H28N4O3. The molecule has 2 fully saturated rings. The third-order valence-corrected chi connectivity index (χ3v) is 5.53. The summed E-state index contributed by atoms with van der Waals surface area (Å²) in [6.07, 6.45) is 1.61. The Bertz CT molecular complexity index is 860. The highest BCUT2D eigenvalue weighted by molar-refractivity contribution is 6.03. The normalized spacial score (nSPS) is 18.8. The molecule has 2 aliphatic rings. The van der Waals surface area contributed by atoms with Gasteiger partial charge in [-0.1, -0.05) is 39.0 Å². The molecule has 0 radical (unpaired) electrons. The molecule has 0 saturated carbocycles. The number of rotatable bonds is 3. The number of nitrogens with one attached hydrogen (secondary N) is 1. The Morgan fingerprint density at radius 3 is 2.34 bits per heavy atom. The van der Waals surface area contributed by atoms with E-state index in [9.17, 15) is 4.79 Å². The third-order valence-electron chi connectivity index (χ3n) is 5.53.